The van der Waals surface area contributed by atoms with Crippen LogP contribution in [0.1, 0.15) is 48.1 Å². The SMILES string of the molecule is CC[C@@H](Nc1cc(C)nc2c(-c3ccc(OC)cc3C)c(C)nn12)c1nc(C)no1. The molecule has 0 bridgehead atoms. The first-order valence-corrected chi connectivity index (χ1v) is 10.00. The van der Waals surface area contributed by atoms with E-state index in [0.717, 1.165) is 51.7 Å². The molecule has 0 saturated carbocycles. The number of nitrogens with zero attached hydrogens (tertiary/aromatic N) is 5. The zero-order chi connectivity index (χ0) is 21.4. The molecule has 8 heteroatoms. The van der Waals surface area contributed by atoms with E-state index in [9.17, 15) is 0 Å². The lowest BCUT2D eigenvalue weighted by Gasteiger charge is -2.16. The molecule has 0 aliphatic heterocycles. The third kappa shape index (κ3) is 3.49. The van der Waals surface area contributed by atoms with Crippen molar-refractivity contribution in [3.63, 3.8) is 0 Å². The van der Waals surface area contributed by atoms with Crippen LogP contribution in [0, 0.1) is 27.7 Å². The average Bonchev–Trinajstić information content (AvgIpc) is 3.29. The van der Waals surface area contributed by atoms with E-state index in [2.05, 4.69) is 35.4 Å². The predicted octanol–water partition coefficient (Wildman–Crippen LogP) is 4.58. The molecular formula is C22H26N6O2. The molecule has 4 aromatic rings. The number of hydrogen-bond acceptors (Lipinski definition) is 7. The number of aryl methyl sites for hydroxylation is 4. The fourth-order valence-corrected chi connectivity index (χ4v) is 3.68. The fourth-order valence-electron chi connectivity index (χ4n) is 3.68. The number of rotatable bonds is 6. The van der Waals surface area contributed by atoms with E-state index in [1.54, 1.807) is 7.11 Å². The summed E-state index contributed by atoms with van der Waals surface area (Å²) in [5.74, 6) is 2.85. The fraction of sp³-hybridized carbons (Fsp3) is 0.364. The van der Waals surface area contributed by atoms with Crippen LogP contribution in [-0.2, 0) is 0 Å². The maximum absolute atomic E-state index is 5.39. The monoisotopic (exact) mass is 406 g/mol. The van der Waals surface area contributed by atoms with Gasteiger partial charge in [0, 0.05) is 17.3 Å². The third-order valence-corrected chi connectivity index (χ3v) is 5.17. The molecule has 156 valence electrons. The summed E-state index contributed by atoms with van der Waals surface area (Å²) in [6, 6.07) is 7.91. The molecule has 8 nitrogen and oxygen atoms in total. The summed E-state index contributed by atoms with van der Waals surface area (Å²) >= 11 is 0. The quantitative estimate of drug-likeness (QED) is 0.501. The lowest BCUT2D eigenvalue weighted by molar-refractivity contribution is 0.356. The van der Waals surface area contributed by atoms with Crippen LogP contribution in [0.15, 0.2) is 28.8 Å². The topological polar surface area (TPSA) is 90.4 Å². The molecule has 0 spiro atoms. The molecule has 0 aliphatic carbocycles. The van der Waals surface area contributed by atoms with Gasteiger partial charge in [0.25, 0.3) is 0 Å². The first kappa shape index (κ1) is 19.9. The number of benzene rings is 1. The van der Waals surface area contributed by atoms with E-state index in [1.807, 2.05) is 43.5 Å². The number of methoxy groups -OCH3 is 1. The Labute approximate surface area is 175 Å². The molecule has 30 heavy (non-hydrogen) atoms. The van der Waals surface area contributed by atoms with E-state index < -0.39 is 0 Å². The van der Waals surface area contributed by atoms with Crippen molar-refractivity contribution in [2.45, 2.75) is 47.1 Å². The summed E-state index contributed by atoms with van der Waals surface area (Å²) in [4.78, 5) is 9.19. The standard InChI is InChI=1S/C22H26N6O2/c1-7-18(22-24-15(5)27-30-22)25-19-11-13(3)23-21-20(14(4)26-28(19)21)17-9-8-16(29-6)10-12(17)2/h8-11,18,25H,7H2,1-6H3/t18-/m1/s1. The van der Waals surface area contributed by atoms with Crippen molar-refractivity contribution in [2.75, 3.05) is 12.4 Å². The lowest BCUT2D eigenvalue weighted by atomic mass is 10.0. The van der Waals surface area contributed by atoms with Crippen LogP contribution in [0.4, 0.5) is 5.82 Å². The Morgan fingerprint density at radius 1 is 1.13 bits per heavy atom. The molecule has 0 saturated heterocycles. The highest BCUT2D eigenvalue weighted by Crippen LogP contribution is 2.34. The Kier molecular flexibility index (Phi) is 5.15. The number of anilines is 1. The van der Waals surface area contributed by atoms with E-state index in [-0.39, 0.29) is 6.04 Å². The van der Waals surface area contributed by atoms with Gasteiger partial charge in [-0.2, -0.15) is 14.6 Å². The van der Waals surface area contributed by atoms with Crippen molar-refractivity contribution in [3.05, 3.63) is 52.9 Å². The normalized spacial score (nSPS) is 12.3. The average molecular weight is 406 g/mol. The van der Waals surface area contributed by atoms with Crippen molar-refractivity contribution in [1.29, 1.82) is 0 Å². The molecule has 0 fully saturated rings. The van der Waals surface area contributed by atoms with Gasteiger partial charge in [-0.1, -0.05) is 18.1 Å². The number of aromatic nitrogens is 5. The maximum Gasteiger partial charge on any atom is 0.249 e. The van der Waals surface area contributed by atoms with Gasteiger partial charge in [-0.05, 0) is 57.4 Å². The van der Waals surface area contributed by atoms with Crippen LogP contribution in [0.3, 0.4) is 0 Å². The largest absolute Gasteiger partial charge is 0.497 e. The van der Waals surface area contributed by atoms with Crippen molar-refractivity contribution < 1.29 is 9.26 Å². The van der Waals surface area contributed by atoms with Crippen LogP contribution < -0.4 is 10.1 Å². The molecule has 0 radical (unpaired) electrons. The maximum atomic E-state index is 5.39. The molecule has 1 N–H and O–H groups in total. The van der Waals surface area contributed by atoms with Crippen molar-refractivity contribution >= 4 is 11.5 Å². The number of fused-ring (bicyclic) bond motifs is 1. The molecule has 1 aromatic carbocycles. The first-order valence-electron chi connectivity index (χ1n) is 10.00. The molecule has 3 heterocycles. The van der Waals surface area contributed by atoms with Gasteiger partial charge in [0.15, 0.2) is 11.5 Å². The minimum absolute atomic E-state index is 0.119. The van der Waals surface area contributed by atoms with Crippen LogP contribution in [0.2, 0.25) is 0 Å². The van der Waals surface area contributed by atoms with E-state index in [0.29, 0.717) is 11.7 Å². The zero-order valence-corrected chi connectivity index (χ0v) is 18.1. The summed E-state index contributed by atoms with van der Waals surface area (Å²) in [6.45, 7) is 9.94. The third-order valence-electron chi connectivity index (χ3n) is 5.17. The Hall–Kier alpha value is -3.42. The molecule has 0 amide bonds. The summed E-state index contributed by atoms with van der Waals surface area (Å²) in [6.07, 6.45) is 0.787. The van der Waals surface area contributed by atoms with Crippen molar-refractivity contribution in [3.8, 4) is 16.9 Å². The van der Waals surface area contributed by atoms with Gasteiger partial charge in [0.1, 0.15) is 17.6 Å². The highest BCUT2D eigenvalue weighted by molar-refractivity contribution is 5.83. The minimum atomic E-state index is -0.119. The molecular weight excluding hydrogens is 380 g/mol. The van der Waals surface area contributed by atoms with Crippen LogP contribution >= 0.6 is 0 Å². The lowest BCUT2D eigenvalue weighted by Crippen LogP contribution is -2.14. The van der Waals surface area contributed by atoms with Crippen LogP contribution in [0.25, 0.3) is 16.8 Å². The second-order valence-corrected chi connectivity index (χ2v) is 7.44. The molecule has 0 aliphatic rings. The van der Waals surface area contributed by atoms with E-state index in [4.69, 9.17) is 19.3 Å². The second-order valence-electron chi connectivity index (χ2n) is 7.44. The van der Waals surface area contributed by atoms with Gasteiger partial charge in [-0.3, -0.25) is 0 Å². The first-order chi connectivity index (χ1) is 14.4. The molecule has 3 aromatic heterocycles. The summed E-state index contributed by atoms with van der Waals surface area (Å²) < 4.78 is 12.6. The van der Waals surface area contributed by atoms with Crippen molar-refractivity contribution in [2.24, 2.45) is 0 Å². The number of nitrogens with one attached hydrogen (secondary N) is 1. The Morgan fingerprint density at radius 3 is 2.57 bits per heavy atom. The molecule has 0 unspecified atom stereocenters. The molecule has 1 atom stereocenters. The summed E-state index contributed by atoms with van der Waals surface area (Å²) in [5.41, 5.74) is 5.83. The highest BCUT2D eigenvalue weighted by Gasteiger charge is 2.21. The Bertz CT molecular complexity index is 1210. The van der Waals surface area contributed by atoms with Gasteiger partial charge in [-0.25, -0.2) is 4.98 Å². The van der Waals surface area contributed by atoms with Gasteiger partial charge in [0.2, 0.25) is 5.89 Å². The van der Waals surface area contributed by atoms with Gasteiger partial charge in [-0.15, -0.1) is 0 Å². The van der Waals surface area contributed by atoms with Gasteiger partial charge < -0.3 is 14.6 Å². The predicted molar refractivity (Wildman–Crippen MR) is 115 cm³/mol. The van der Waals surface area contributed by atoms with E-state index in [1.165, 1.54) is 0 Å². The van der Waals surface area contributed by atoms with E-state index >= 15 is 0 Å². The minimum Gasteiger partial charge on any atom is -0.497 e. The Balaban J connectivity index is 1.83. The molecule has 4 rings (SSSR count). The van der Waals surface area contributed by atoms with Crippen LogP contribution in [0.5, 0.6) is 5.75 Å². The smallest absolute Gasteiger partial charge is 0.249 e. The van der Waals surface area contributed by atoms with Gasteiger partial charge >= 0.3 is 0 Å². The van der Waals surface area contributed by atoms with Crippen LogP contribution in [-0.4, -0.2) is 31.8 Å². The van der Waals surface area contributed by atoms with Gasteiger partial charge in [0.05, 0.1) is 12.8 Å². The number of hydrogen-bond donors (Lipinski definition) is 1. The number of ether oxygens (including phenoxy) is 1. The highest BCUT2D eigenvalue weighted by atomic mass is 16.5. The summed E-state index contributed by atoms with van der Waals surface area (Å²) in [5, 5.41) is 12.2. The van der Waals surface area contributed by atoms with Crippen molar-refractivity contribution in [1.82, 2.24) is 24.7 Å². The summed E-state index contributed by atoms with van der Waals surface area (Å²) in [7, 11) is 1.67. The Morgan fingerprint density at radius 2 is 1.93 bits per heavy atom. The second kappa shape index (κ2) is 7.78. The zero-order valence-electron chi connectivity index (χ0n) is 18.1.